The Labute approximate surface area is 109 Å². The molecule has 4 heteroatoms. The van der Waals surface area contributed by atoms with Crippen LogP contribution < -0.4 is 10.6 Å². The van der Waals surface area contributed by atoms with Crippen LogP contribution in [0.5, 0.6) is 0 Å². The van der Waals surface area contributed by atoms with E-state index in [0.717, 1.165) is 37.3 Å². The van der Waals surface area contributed by atoms with E-state index in [2.05, 4.69) is 22.9 Å². The molecule has 0 amide bonds. The SMILES string of the molecule is COC1(C)CCCN(c2ncccc2[C@@H](C)N)C1. The number of nitrogens with zero attached hydrogens (tertiary/aromatic N) is 2. The fourth-order valence-corrected chi connectivity index (χ4v) is 2.58. The Balaban J connectivity index is 2.26. The maximum Gasteiger partial charge on any atom is 0.133 e. The van der Waals surface area contributed by atoms with Gasteiger partial charge in [-0.1, -0.05) is 6.07 Å². The van der Waals surface area contributed by atoms with Gasteiger partial charge in [0.15, 0.2) is 0 Å². The molecule has 1 aromatic heterocycles. The zero-order valence-corrected chi connectivity index (χ0v) is 11.5. The molecule has 1 fully saturated rings. The van der Waals surface area contributed by atoms with Gasteiger partial charge in [-0.15, -0.1) is 0 Å². The monoisotopic (exact) mass is 249 g/mol. The number of nitrogens with two attached hydrogens (primary N) is 1. The highest BCUT2D eigenvalue weighted by molar-refractivity contribution is 5.49. The van der Waals surface area contributed by atoms with Crippen LogP contribution in [0, 0.1) is 0 Å². The molecule has 100 valence electrons. The largest absolute Gasteiger partial charge is 0.377 e. The van der Waals surface area contributed by atoms with E-state index in [1.54, 1.807) is 7.11 Å². The normalized spacial score (nSPS) is 26.1. The summed E-state index contributed by atoms with van der Waals surface area (Å²) in [5, 5.41) is 0. The first-order valence-electron chi connectivity index (χ1n) is 6.56. The van der Waals surface area contributed by atoms with Gasteiger partial charge < -0.3 is 15.4 Å². The van der Waals surface area contributed by atoms with Gasteiger partial charge in [-0.3, -0.25) is 0 Å². The van der Waals surface area contributed by atoms with E-state index in [9.17, 15) is 0 Å². The first-order chi connectivity index (χ1) is 8.56. The van der Waals surface area contributed by atoms with Gasteiger partial charge >= 0.3 is 0 Å². The third-order valence-corrected chi connectivity index (χ3v) is 3.76. The van der Waals surface area contributed by atoms with Crippen LogP contribution in [-0.4, -0.2) is 30.8 Å². The molecule has 1 saturated heterocycles. The van der Waals surface area contributed by atoms with Crippen molar-refractivity contribution in [2.75, 3.05) is 25.1 Å². The molecule has 2 N–H and O–H groups in total. The molecule has 1 aliphatic rings. The summed E-state index contributed by atoms with van der Waals surface area (Å²) in [5.41, 5.74) is 7.05. The summed E-state index contributed by atoms with van der Waals surface area (Å²) in [7, 11) is 1.79. The topological polar surface area (TPSA) is 51.4 Å². The number of methoxy groups -OCH3 is 1. The second kappa shape index (κ2) is 5.24. The summed E-state index contributed by atoms with van der Waals surface area (Å²) in [6.07, 6.45) is 4.06. The minimum absolute atomic E-state index is 0.00410. The van der Waals surface area contributed by atoms with Crippen LogP contribution in [0.3, 0.4) is 0 Å². The van der Waals surface area contributed by atoms with Crippen molar-refractivity contribution in [3.05, 3.63) is 23.9 Å². The Hall–Kier alpha value is -1.13. The number of pyridine rings is 1. The summed E-state index contributed by atoms with van der Waals surface area (Å²) >= 11 is 0. The molecule has 1 unspecified atom stereocenters. The fourth-order valence-electron chi connectivity index (χ4n) is 2.58. The van der Waals surface area contributed by atoms with Gasteiger partial charge in [-0.2, -0.15) is 0 Å². The van der Waals surface area contributed by atoms with Crippen LogP contribution in [0.15, 0.2) is 18.3 Å². The van der Waals surface area contributed by atoms with Crippen molar-refractivity contribution in [3.8, 4) is 0 Å². The Bertz CT molecular complexity index is 408. The fraction of sp³-hybridized carbons (Fsp3) is 0.643. The zero-order chi connectivity index (χ0) is 13.2. The summed E-state index contributed by atoms with van der Waals surface area (Å²) in [4.78, 5) is 6.81. The average molecular weight is 249 g/mol. The number of anilines is 1. The Morgan fingerprint density at radius 3 is 3.00 bits per heavy atom. The number of rotatable bonds is 3. The molecule has 1 aromatic rings. The van der Waals surface area contributed by atoms with Crippen LogP contribution in [-0.2, 0) is 4.74 Å². The van der Waals surface area contributed by atoms with Crippen molar-refractivity contribution in [1.29, 1.82) is 0 Å². The van der Waals surface area contributed by atoms with Gasteiger partial charge in [0.05, 0.1) is 5.60 Å². The molecular weight excluding hydrogens is 226 g/mol. The first-order valence-corrected chi connectivity index (χ1v) is 6.56. The second-order valence-electron chi connectivity index (χ2n) is 5.38. The molecule has 0 saturated carbocycles. The lowest BCUT2D eigenvalue weighted by molar-refractivity contribution is -0.00485. The molecule has 18 heavy (non-hydrogen) atoms. The van der Waals surface area contributed by atoms with E-state index >= 15 is 0 Å². The maximum atomic E-state index is 6.02. The Morgan fingerprint density at radius 2 is 2.33 bits per heavy atom. The van der Waals surface area contributed by atoms with E-state index in [4.69, 9.17) is 10.5 Å². The number of piperidine rings is 1. The molecule has 2 heterocycles. The van der Waals surface area contributed by atoms with Crippen molar-refractivity contribution in [2.24, 2.45) is 5.73 Å². The van der Waals surface area contributed by atoms with Crippen molar-refractivity contribution in [1.82, 2.24) is 4.98 Å². The molecule has 0 spiro atoms. The Kier molecular flexibility index (Phi) is 3.88. The van der Waals surface area contributed by atoms with Gasteiger partial charge in [0.25, 0.3) is 0 Å². The molecule has 0 aliphatic carbocycles. The average Bonchev–Trinajstić information content (AvgIpc) is 2.39. The van der Waals surface area contributed by atoms with Gasteiger partial charge in [-0.25, -0.2) is 4.98 Å². The van der Waals surface area contributed by atoms with Crippen LogP contribution in [0.25, 0.3) is 0 Å². The third kappa shape index (κ3) is 2.65. The lowest BCUT2D eigenvalue weighted by Crippen LogP contribution is -2.48. The van der Waals surface area contributed by atoms with E-state index in [-0.39, 0.29) is 11.6 Å². The summed E-state index contributed by atoms with van der Waals surface area (Å²) < 4.78 is 5.63. The summed E-state index contributed by atoms with van der Waals surface area (Å²) in [5.74, 6) is 1.01. The first kappa shape index (κ1) is 13.3. The van der Waals surface area contributed by atoms with Crippen LogP contribution in [0.4, 0.5) is 5.82 Å². The zero-order valence-electron chi connectivity index (χ0n) is 11.5. The van der Waals surface area contributed by atoms with Crippen molar-refractivity contribution < 1.29 is 4.74 Å². The molecular formula is C14H23N3O. The number of hydrogen-bond acceptors (Lipinski definition) is 4. The van der Waals surface area contributed by atoms with Gasteiger partial charge in [0.1, 0.15) is 5.82 Å². The molecule has 0 aromatic carbocycles. The highest BCUT2D eigenvalue weighted by Crippen LogP contribution is 2.30. The summed E-state index contributed by atoms with van der Waals surface area (Å²) in [6.45, 7) is 6.06. The quantitative estimate of drug-likeness (QED) is 0.891. The van der Waals surface area contributed by atoms with Crippen molar-refractivity contribution in [2.45, 2.75) is 38.3 Å². The lowest BCUT2D eigenvalue weighted by Gasteiger charge is -2.40. The number of ether oxygens (including phenoxy) is 1. The molecule has 0 bridgehead atoms. The third-order valence-electron chi connectivity index (χ3n) is 3.76. The second-order valence-corrected chi connectivity index (χ2v) is 5.38. The number of hydrogen-bond donors (Lipinski definition) is 1. The van der Waals surface area contributed by atoms with Crippen LogP contribution in [0.2, 0.25) is 0 Å². The molecule has 4 nitrogen and oxygen atoms in total. The van der Waals surface area contributed by atoms with Crippen molar-refractivity contribution >= 4 is 5.82 Å². The number of aromatic nitrogens is 1. The predicted molar refractivity (Wildman–Crippen MR) is 73.7 cm³/mol. The minimum Gasteiger partial charge on any atom is -0.377 e. The van der Waals surface area contributed by atoms with E-state index in [1.165, 1.54) is 0 Å². The highest BCUT2D eigenvalue weighted by atomic mass is 16.5. The lowest BCUT2D eigenvalue weighted by atomic mass is 9.94. The van der Waals surface area contributed by atoms with Gasteiger partial charge in [0, 0.05) is 38.0 Å². The Morgan fingerprint density at radius 1 is 1.56 bits per heavy atom. The molecule has 2 rings (SSSR count). The van der Waals surface area contributed by atoms with E-state index in [1.807, 2.05) is 19.2 Å². The van der Waals surface area contributed by atoms with Crippen molar-refractivity contribution in [3.63, 3.8) is 0 Å². The molecule has 0 radical (unpaired) electrons. The molecule has 2 atom stereocenters. The van der Waals surface area contributed by atoms with E-state index < -0.39 is 0 Å². The maximum absolute atomic E-state index is 6.02. The van der Waals surface area contributed by atoms with Gasteiger partial charge in [0.2, 0.25) is 0 Å². The smallest absolute Gasteiger partial charge is 0.133 e. The van der Waals surface area contributed by atoms with E-state index in [0.29, 0.717) is 0 Å². The van der Waals surface area contributed by atoms with Crippen LogP contribution in [0.1, 0.15) is 38.3 Å². The predicted octanol–water partition coefficient (Wildman–Crippen LogP) is 2.11. The van der Waals surface area contributed by atoms with Crippen LogP contribution >= 0.6 is 0 Å². The van der Waals surface area contributed by atoms with Gasteiger partial charge in [-0.05, 0) is 32.8 Å². The highest BCUT2D eigenvalue weighted by Gasteiger charge is 2.32. The standard InChI is InChI=1S/C14H23N3O/c1-11(15)12-6-4-8-16-13(12)17-9-5-7-14(2,10-17)18-3/h4,6,8,11H,5,7,9-10,15H2,1-3H3/t11-,14?/m1/s1. The molecule has 1 aliphatic heterocycles. The minimum atomic E-state index is -0.0785. The summed E-state index contributed by atoms with van der Waals surface area (Å²) in [6, 6.07) is 4.01.